The molecule has 0 saturated heterocycles. The molecule has 0 aromatic heterocycles. The number of rotatable bonds is 7. The van der Waals surface area contributed by atoms with Crippen molar-refractivity contribution in [3.8, 4) is 11.8 Å². The van der Waals surface area contributed by atoms with Crippen LogP contribution in [-0.2, 0) is 11.3 Å². The molecule has 0 spiro atoms. The Morgan fingerprint density at radius 1 is 1.35 bits per heavy atom. The smallest absolute Gasteiger partial charge is 0.124 e. The molecule has 0 radical (unpaired) electrons. The third kappa shape index (κ3) is 6.70. The molecular formula is C17H23FO2. The van der Waals surface area contributed by atoms with E-state index in [2.05, 4.69) is 25.7 Å². The van der Waals surface area contributed by atoms with Crippen molar-refractivity contribution in [2.24, 2.45) is 5.92 Å². The van der Waals surface area contributed by atoms with Crippen LogP contribution in [0.4, 0.5) is 4.39 Å². The van der Waals surface area contributed by atoms with Crippen molar-refractivity contribution < 1.29 is 14.2 Å². The third-order valence-corrected chi connectivity index (χ3v) is 2.86. The summed E-state index contributed by atoms with van der Waals surface area (Å²) in [5.74, 6) is 6.08. The van der Waals surface area contributed by atoms with Gasteiger partial charge in [-0.05, 0) is 36.5 Å². The van der Waals surface area contributed by atoms with Gasteiger partial charge in [-0.2, -0.15) is 0 Å². The summed E-state index contributed by atoms with van der Waals surface area (Å²) in [4.78, 5) is 0. The lowest BCUT2D eigenvalue weighted by molar-refractivity contribution is 0.114. The second-order valence-corrected chi connectivity index (χ2v) is 5.17. The zero-order valence-corrected chi connectivity index (χ0v) is 12.3. The van der Waals surface area contributed by atoms with Gasteiger partial charge in [0.1, 0.15) is 5.82 Å². The number of hydrogen-bond donors (Lipinski definition) is 1. The second kappa shape index (κ2) is 9.52. The number of hydrogen-bond acceptors (Lipinski definition) is 2. The van der Waals surface area contributed by atoms with Gasteiger partial charge in [0, 0.05) is 18.6 Å². The molecule has 3 heteroatoms. The summed E-state index contributed by atoms with van der Waals surface area (Å²) >= 11 is 0. The van der Waals surface area contributed by atoms with E-state index in [-0.39, 0.29) is 12.4 Å². The number of aliphatic hydroxyl groups is 1. The molecule has 0 heterocycles. The van der Waals surface area contributed by atoms with E-state index < -0.39 is 0 Å². The van der Waals surface area contributed by atoms with Gasteiger partial charge in [0.25, 0.3) is 0 Å². The standard InChI is InChI=1S/C17H23FO2/c1-14(2)6-5-11-20-13-16-8-9-17(18)12-15(16)7-3-4-10-19/h8-9,12,14,19H,4-6,10-11,13H2,1-2H3. The summed E-state index contributed by atoms with van der Waals surface area (Å²) in [7, 11) is 0. The lowest BCUT2D eigenvalue weighted by atomic mass is 10.1. The van der Waals surface area contributed by atoms with Gasteiger partial charge in [-0.3, -0.25) is 0 Å². The minimum atomic E-state index is -0.304. The highest BCUT2D eigenvalue weighted by atomic mass is 19.1. The number of halogens is 1. The van der Waals surface area contributed by atoms with Crippen LogP contribution in [0.25, 0.3) is 0 Å². The van der Waals surface area contributed by atoms with E-state index in [0.29, 0.717) is 31.1 Å². The molecule has 0 aliphatic rings. The molecule has 1 aromatic carbocycles. The van der Waals surface area contributed by atoms with Crippen LogP contribution < -0.4 is 0 Å². The van der Waals surface area contributed by atoms with Crippen LogP contribution in [-0.4, -0.2) is 18.3 Å². The summed E-state index contributed by atoms with van der Waals surface area (Å²) in [5, 5.41) is 8.71. The topological polar surface area (TPSA) is 29.5 Å². The first-order valence-corrected chi connectivity index (χ1v) is 7.09. The van der Waals surface area contributed by atoms with E-state index in [0.717, 1.165) is 18.4 Å². The average molecular weight is 278 g/mol. The fraction of sp³-hybridized carbons (Fsp3) is 0.529. The van der Waals surface area contributed by atoms with Crippen LogP contribution in [0.15, 0.2) is 18.2 Å². The summed E-state index contributed by atoms with van der Waals surface area (Å²) in [6.45, 7) is 5.55. The lowest BCUT2D eigenvalue weighted by Gasteiger charge is -2.08. The van der Waals surface area contributed by atoms with Gasteiger partial charge in [-0.1, -0.05) is 31.8 Å². The van der Waals surface area contributed by atoms with Crippen molar-refractivity contribution in [3.05, 3.63) is 35.1 Å². The molecule has 110 valence electrons. The van der Waals surface area contributed by atoms with E-state index >= 15 is 0 Å². The van der Waals surface area contributed by atoms with Crippen LogP contribution in [0, 0.1) is 23.6 Å². The van der Waals surface area contributed by atoms with Crippen LogP contribution >= 0.6 is 0 Å². The first-order chi connectivity index (χ1) is 9.63. The van der Waals surface area contributed by atoms with Gasteiger partial charge < -0.3 is 9.84 Å². The Morgan fingerprint density at radius 2 is 2.15 bits per heavy atom. The Bertz CT molecular complexity index is 458. The van der Waals surface area contributed by atoms with E-state index in [1.54, 1.807) is 6.07 Å². The molecule has 0 aliphatic heterocycles. The monoisotopic (exact) mass is 278 g/mol. The SMILES string of the molecule is CC(C)CCCOCc1ccc(F)cc1C#CCCO. The predicted octanol–water partition coefficient (Wildman–Crippen LogP) is 3.51. The number of aliphatic hydroxyl groups excluding tert-OH is 1. The molecule has 0 amide bonds. The molecule has 0 fully saturated rings. The Morgan fingerprint density at radius 3 is 2.85 bits per heavy atom. The van der Waals surface area contributed by atoms with Crippen LogP contribution in [0.3, 0.4) is 0 Å². The highest BCUT2D eigenvalue weighted by Crippen LogP contribution is 2.12. The molecule has 1 rings (SSSR count). The zero-order valence-electron chi connectivity index (χ0n) is 12.3. The second-order valence-electron chi connectivity index (χ2n) is 5.17. The highest BCUT2D eigenvalue weighted by Gasteiger charge is 2.03. The fourth-order valence-corrected chi connectivity index (χ4v) is 1.78. The first-order valence-electron chi connectivity index (χ1n) is 7.09. The minimum Gasteiger partial charge on any atom is -0.395 e. The minimum absolute atomic E-state index is 0.0172. The lowest BCUT2D eigenvalue weighted by Crippen LogP contribution is -2.00. The normalized spacial score (nSPS) is 10.4. The van der Waals surface area contributed by atoms with Crippen molar-refractivity contribution >= 4 is 0 Å². The molecule has 1 N–H and O–H groups in total. The third-order valence-electron chi connectivity index (χ3n) is 2.86. The zero-order chi connectivity index (χ0) is 14.8. The van der Waals surface area contributed by atoms with Gasteiger partial charge in [0.15, 0.2) is 0 Å². The summed E-state index contributed by atoms with van der Waals surface area (Å²) in [6, 6.07) is 4.54. The van der Waals surface area contributed by atoms with E-state index in [1.165, 1.54) is 12.1 Å². The highest BCUT2D eigenvalue weighted by molar-refractivity contribution is 5.41. The average Bonchev–Trinajstić information content (AvgIpc) is 2.40. The van der Waals surface area contributed by atoms with Gasteiger partial charge in [0.2, 0.25) is 0 Å². The summed E-state index contributed by atoms with van der Waals surface area (Å²) in [6.07, 6.45) is 2.57. The molecule has 0 aliphatic carbocycles. The molecule has 0 bridgehead atoms. The van der Waals surface area contributed by atoms with Crippen molar-refractivity contribution in [3.63, 3.8) is 0 Å². The molecule has 2 nitrogen and oxygen atoms in total. The first kappa shape index (κ1) is 16.7. The van der Waals surface area contributed by atoms with Crippen LogP contribution in [0.2, 0.25) is 0 Å². The van der Waals surface area contributed by atoms with E-state index in [4.69, 9.17) is 9.84 Å². The van der Waals surface area contributed by atoms with Crippen LogP contribution in [0.5, 0.6) is 0 Å². The van der Waals surface area contributed by atoms with E-state index in [9.17, 15) is 4.39 Å². The Hall–Kier alpha value is -1.37. The van der Waals surface area contributed by atoms with Gasteiger partial charge in [0.05, 0.1) is 13.2 Å². The quantitative estimate of drug-likeness (QED) is 0.611. The van der Waals surface area contributed by atoms with Gasteiger partial charge in [-0.15, -0.1) is 0 Å². The predicted molar refractivity (Wildman–Crippen MR) is 78.7 cm³/mol. The largest absolute Gasteiger partial charge is 0.395 e. The fourth-order valence-electron chi connectivity index (χ4n) is 1.78. The van der Waals surface area contributed by atoms with Crippen molar-refractivity contribution in [2.75, 3.05) is 13.2 Å². The molecular weight excluding hydrogens is 255 g/mol. The maximum absolute atomic E-state index is 13.2. The maximum atomic E-state index is 13.2. The Kier molecular flexibility index (Phi) is 7.94. The molecule has 0 saturated carbocycles. The number of benzene rings is 1. The van der Waals surface area contributed by atoms with Gasteiger partial charge >= 0.3 is 0 Å². The molecule has 0 unspecified atom stereocenters. The molecule has 20 heavy (non-hydrogen) atoms. The van der Waals surface area contributed by atoms with Crippen molar-refractivity contribution in [1.82, 2.24) is 0 Å². The van der Waals surface area contributed by atoms with Crippen molar-refractivity contribution in [2.45, 2.75) is 39.7 Å². The van der Waals surface area contributed by atoms with Crippen LogP contribution in [0.1, 0.15) is 44.2 Å². The summed E-state index contributed by atoms with van der Waals surface area (Å²) < 4.78 is 18.8. The maximum Gasteiger partial charge on any atom is 0.124 e. The van der Waals surface area contributed by atoms with E-state index in [1.807, 2.05) is 0 Å². The van der Waals surface area contributed by atoms with Crippen molar-refractivity contribution in [1.29, 1.82) is 0 Å². The molecule has 1 aromatic rings. The Balaban J connectivity index is 2.54. The summed E-state index contributed by atoms with van der Waals surface area (Å²) in [5.41, 5.74) is 1.53. The molecule has 0 atom stereocenters. The van der Waals surface area contributed by atoms with Gasteiger partial charge in [-0.25, -0.2) is 4.39 Å². The number of ether oxygens (including phenoxy) is 1. The Labute approximate surface area is 121 Å².